The fraction of sp³-hybridized carbons (Fsp3) is 0.286. The number of likely N-dealkylation sites (N-methyl/N-ethyl adjacent to an activating group) is 1. The molecule has 2 amide bonds. The number of benzene rings is 3. The Hall–Kier alpha value is -2.82. The number of amides is 2. The van der Waals surface area contributed by atoms with Crippen LogP contribution in [0.15, 0.2) is 66.7 Å². The smallest absolute Gasteiger partial charge is 0.243 e. The SMILES string of the molecule is CCNC(=O)[C@@H](Cc1ccccc1)N(Cc1ccc(Cl)c(Cl)c1)C(=O)Cc1cc(C)ccc1C. The highest BCUT2D eigenvalue weighted by Gasteiger charge is 2.30. The molecule has 1 N–H and O–H groups in total. The van der Waals surface area contributed by atoms with Gasteiger partial charge in [-0.25, -0.2) is 0 Å². The topological polar surface area (TPSA) is 49.4 Å². The monoisotopic (exact) mass is 496 g/mol. The molecule has 178 valence electrons. The van der Waals surface area contributed by atoms with Crippen LogP contribution in [-0.2, 0) is 29.0 Å². The average Bonchev–Trinajstić information content (AvgIpc) is 2.81. The number of rotatable bonds is 9. The van der Waals surface area contributed by atoms with Crippen molar-refractivity contribution in [1.82, 2.24) is 10.2 Å². The predicted octanol–water partition coefficient (Wildman–Crippen LogP) is 5.93. The zero-order valence-corrected chi connectivity index (χ0v) is 21.3. The average molecular weight is 497 g/mol. The first kappa shape index (κ1) is 25.8. The molecule has 4 nitrogen and oxygen atoms in total. The fourth-order valence-corrected chi connectivity index (χ4v) is 4.26. The van der Waals surface area contributed by atoms with Gasteiger partial charge < -0.3 is 10.2 Å². The molecule has 3 aromatic carbocycles. The molecule has 0 spiro atoms. The van der Waals surface area contributed by atoms with E-state index in [9.17, 15) is 9.59 Å². The summed E-state index contributed by atoms with van der Waals surface area (Å²) in [4.78, 5) is 28.7. The Kier molecular flexibility index (Phi) is 9.14. The van der Waals surface area contributed by atoms with E-state index in [4.69, 9.17) is 23.2 Å². The van der Waals surface area contributed by atoms with Crippen molar-refractivity contribution in [2.24, 2.45) is 0 Å². The molecule has 0 fully saturated rings. The van der Waals surface area contributed by atoms with Gasteiger partial charge in [0.15, 0.2) is 0 Å². The third kappa shape index (κ3) is 6.85. The quantitative estimate of drug-likeness (QED) is 0.399. The second-order valence-electron chi connectivity index (χ2n) is 8.48. The molecule has 1 atom stereocenters. The van der Waals surface area contributed by atoms with E-state index in [-0.39, 0.29) is 24.8 Å². The number of hydrogen-bond acceptors (Lipinski definition) is 2. The summed E-state index contributed by atoms with van der Waals surface area (Å²) in [5.74, 6) is -0.298. The first-order valence-electron chi connectivity index (χ1n) is 11.4. The summed E-state index contributed by atoms with van der Waals surface area (Å²) in [5.41, 5.74) is 4.89. The molecule has 0 aliphatic carbocycles. The van der Waals surface area contributed by atoms with Gasteiger partial charge in [-0.05, 0) is 55.2 Å². The van der Waals surface area contributed by atoms with E-state index in [0.29, 0.717) is 23.0 Å². The zero-order chi connectivity index (χ0) is 24.7. The maximum atomic E-state index is 13.8. The Morgan fingerprint density at radius 3 is 2.32 bits per heavy atom. The molecule has 3 rings (SSSR count). The molecule has 0 unspecified atom stereocenters. The van der Waals surface area contributed by atoms with Crippen LogP contribution >= 0.6 is 23.2 Å². The molecule has 0 aliphatic heterocycles. The molecule has 0 saturated carbocycles. The lowest BCUT2D eigenvalue weighted by Gasteiger charge is -2.32. The number of hydrogen-bond donors (Lipinski definition) is 1. The van der Waals surface area contributed by atoms with Crippen LogP contribution in [0.3, 0.4) is 0 Å². The Balaban J connectivity index is 2.00. The van der Waals surface area contributed by atoms with Gasteiger partial charge in [0.1, 0.15) is 6.04 Å². The number of nitrogens with zero attached hydrogens (tertiary/aromatic N) is 1. The van der Waals surface area contributed by atoms with Gasteiger partial charge in [0.05, 0.1) is 16.5 Å². The Morgan fingerprint density at radius 1 is 0.912 bits per heavy atom. The van der Waals surface area contributed by atoms with Gasteiger partial charge in [-0.15, -0.1) is 0 Å². The van der Waals surface area contributed by atoms with E-state index in [1.54, 1.807) is 17.0 Å². The normalized spacial score (nSPS) is 11.7. The maximum Gasteiger partial charge on any atom is 0.243 e. The molecular weight excluding hydrogens is 467 g/mol. The van der Waals surface area contributed by atoms with Gasteiger partial charge in [0.25, 0.3) is 0 Å². The van der Waals surface area contributed by atoms with Crippen LogP contribution in [0.25, 0.3) is 0 Å². The second kappa shape index (κ2) is 12.0. The van der Waals surface area contributed by atoms with Crippen LogP contribution in [0.1, 0.15) is 34.7 Å². The van der Waals surface area contributed by atoms with Crippen LogP contribution in [0.4, 0.5) is 0 Å². The van der Waals surface area contributed by atoms with Gasteiger partial charge in [-0.3, -0.25) is 9.59 Å². The van der Waals surface area contributed by atoms with Crippen molar-refractivity contribution in [1.29, 1.82) is 0 Å². The highest BCUT2D eigenvalue weighted by molar-refractivity contribution is 6.42. The lowest BCUT2D eigenvalue weighted by atomic mass is 9.99. The van der Waals surface area contributed by atoms with Crippen molar-refractivity contribution >= 4 is 35.0 Å². The van der Waals surface area contributed by atoms with Crippen molar-refractivity contribution in [3.63, 3.8) is 0 Å². The molecule has 0 saturated heterocycles. The van der Waals surface area contributed by atoms with Gasteiger partial charge in [0, 0.05) is 19.5 Å². The van der Waals surface area contributed by atoms with E-state index in [2.05, 4.69) is 5.32 Å². The highest BCUT2D eigenvalue weighted by atomic mass is 35.5. The lowest BCUT2D eigenvalue weighted by molar-refractivity contribution is -0.140. The number of carbonyl (C=O) groups excluding carboxylic acids is 2. The minimum absolute atomic E-state index is 0.119. The Bertz CT molecular complexity index is 1150. The summed E-state index contributed by atoms with van der Waals surface area (Å²) in [5, 5.41) is 3.77. The fourth-order valence-electron chi connectivity index (χ4n) is 3.94. The molecule has 34 heavy (non-hydrogen) atoms. The van der Waals surface area contributed by atoms with Gasteiger partial charge in [0.2, 0.25) is 11.8 Å². The Morgan fingerprint density at radius 2 is 1.65 bits per heavy atom. The van der Waals surface area contributed by atoms with E-state index >= 15 is 0 Å². The molecule has 3 aromatic rings. The van der Waals surface area contributed by atoms with E-state index < -0.39 is 6.04 Å². The van der Waals surface area contributed by atoms with E-state index in [1.165, 1.54) is 0 Å². The molecule has 0 aromatic heterocycles. The van der Waals surface area contributed by atoms with Crippen molar-refractivity contribution < 1.29 is 9.59 Å². The van der Waals surface area contributed by atoms with Crippen molar-refractivity contribution in [3.8, 4) is 0 Å². The van der Waals surface area contributed by atoms with E-state index in [0.717, 1.165) is 27.8 Å². The van der Waals surface area contributed by atoms with Crippen LogP contribution in [0.2, 0.25) is 10.0 Å². The molecule has 6 heteroatoms. The third-order valence-corrected chi connectivity index (χ3v) is 6.54. The first-order valence-corrected chi connectivity index (χ1v) is 12.1. The molecule has 0 heterocycles. The largest absolute Gasteiger partial charge is 0.355 e. The Labute approximate surface area is 211 Å². The van der Waals surface area contributed by atoms with E-state index in [1.807, 2.05) is 75.4 Å². The second-order valence-corrected chi connectivity index (χ2v) is 9.29. The predicted molar refractivity (Wildman–Crippen MR) is 139 cm³/mol. The zero-order valence-electron chi connectivity index (χ0n) is 19.8. The summed E-state index contributed by atoms with van der Waals surface area (Å²) in [6.07, 6.45) is 0.617. The van der Waals surface area contributed by atoms with Crippen LogP contribution < -0.4 is 5.32 Å². The first-order chi connectivity index (χ1) is 16.3. The van der Waals surface area contributed by atoms with Gasteiger partial charge >= 0.3 is 0 Å². The summed E-state index contributed by atoms with van der Waals surface area (Å²) in [7, 11) is 0. The van der Waals surface area contributed by atoms with Crippen LogP contribution in [0, 0.1) is 13.8 Å². The van der Waals surface area contributed by atoms with Crippen molar-refractivity contribution in [2.75, 3.05) is 6.54 Å². The third-order valence-electron chi connectivity index (χ3n) is 5.81. The van der Waals surface area contributed by atoms with Crippen molar-refractivity contribution in [3.05, 3.63) is 105 Å². The number of halogens is 2. The summed E-state index contributed by atoms with van der Waals surface area (Å²) >= 11 is 12.4. The van der Waals surface area contributed by atoms with Crippen molar-refractivity contribution in [2.45, 2.75) is 46.2 Å². The molecule has 0 radical (unpaired) electrons. The molecular formula is C28H30Cl2N2O2. The number of carbonyl (C=O) groups is 2. The standard InChI is InChI=1S/C28H30Cl2N2O2/c1-4-31-28(34)26(16-21-8-6-5-7-9-21)32(18-22-12-13-24(29)25(30)15-22)27(33)17-23-14-19(2)10-11-20(23)3/h5-15,26H,4,16-18H2,1-3H3,(H,31,34)/t26-/m1/s1. The molecule has 0 bridgehead atoms. The lowest BCUT2D eigenvalue weighted by Crippen LogP contribution is -2.51. The summed E-state index contributed by atoms with van der Waals surface area (Å²) < 4.78 is 0. The van der Waals surface area contributed by atoms with Crippen LogP contribution in [0.5, 0.6) is 0 Å². The van der Waals surface area contributed by atoms with Crippen LogP contribution in [-0.4, -0.2) is 29.3 Å². The minimum atomic E-state index is -0.672. The summed E-state index contributed by atoms with van der Waals surface area (Å²) in [6, 6.07) is 20.5. The van der Waals surface area contributed by atoms with Gasteiger partial charge in [-0.2, -0.15) is 0 Å². The maximum absolute atomic E-state index is 13.8. The highest BCUT2D eigenvalue weighted by Crippen LogP contribution is 2.25. The van der Waals surface area contributed by atoms with Gasteiger partial charge in [-0.1, -0.05) is 83.4 Å². The summed E-state index contributed by atoms with van der Waals surface area (Å²) in [6.45, 7) is 6.61. The number of aryl methyl sites for hydroxylation is 2. The molecule has 0 aliphatic rings. The number of nitrogens with one attached hydrogen (secondary N) is 1. The minimum Gasteiger partial charge on any atom is -0.355 e.